The Morgan fingerprint density at radius 3 is 2.87 bits per heavy atom. The highest BCUT2D eigenvalue weighted by Crippen LogP contribution is 2.21. The zero-order chi connectivity index (χ0) is 10.7. The summed E-state index contributed by atoms with van der Waals surface area (Å²) in [6.45, 7) is 5.43. The lowest BCUT2D eigenvalue weighted by molar-refractivity contribution is 0.483. The van der Waals surface area contributed by atoms with Crippen molar-refractivity contribution in [3.8, 4) is 0 Å². The minimum Gasteiger partial charge on any atom is -0.380 e. The van der Waals surface area contributed by atoms with Crippen molar-refractivity contribution in [2.75, 3.05) is 5.32 Å². The van der Waals surface area contributed by atoms with Crippen LogP contribution in [0.4, 0.5) is 5.69 Å². The van der Waals surface area contributed by atoms with Crippen LogP contribution in [0.3, 0.4) is 0 Å². The van der Waals surface area contributed by atoms with Crippen LogP contribution < -0.4 is 5.32 Å². The van der Waals surface area contributed by atoms with Crippen molar-refractivity contribution in [2.24, 2.45) is 5.92 Å². The van der Waals surface area contributed by atoms with E-state index >= 15 is 0 Å². The molecule has 1 saturated carbocycles. The third-order valence-electron chi connectivity index (χ3n) is 2.91. The Bertz CT molecular complexity index is 298. The second kappa shape index (κ2) is 4.69. The van der Waals surface area contributed by atoms with Gasteiger partial charge >= 0.3 is 0 Å². The highest BCUT2D eigenvalue weighted by molar-refractivity contribution is 5.39. The number of hydrogen-bond donors (Lipinski definition) is 1. The fraction of sp³-hybridized carbons (Fsp3) is 0.750. The highest BCUT2D eigenvalue weighted by atomic mass is 15.3. The summed E-state index contributed by atoms with van der Waals surface area (Å²) in [6.07, 6.45) is 9.44. The summed E-state index contributed by atoms with van der Waals surface area (Å²) >= 11 is 0. The van der Waals surface area contributed by atoms with Gasteiger partial charge in [0.15, 0.2) is 0 Å². The minimum absolute atomic E-state index is 0.657. The average Bonchev–Trinajstić information content (AvgIpc) is 2.77. The summed E-state index contributed by atoms with van der Waals surface area (Å²) in [6, 6.07) is 0.682. The smallest absolute Gasteiger partial charge is 0.0728 e. The summed E-state index contributed by atoms with van der Waals surface area (Å²) < 4.78 is 2.03. The maximum absolute atomic E-state index is 4.35. The van der Waals surface area contributed by atoms with E-state index in [2.05, 4.69) is 30.5 Å². The molecule has 1 aromatic rings. The van der Waals surface area contributed by atoms with Gasteiger partial charge in [-0.05, 0) is 18.8 Å². The maximum Gasteiger partial charge on any atom is 0.0728 e. The van der Waals surface area contributed by atoms with E-state index in [4.69, 9.17) is 0 Å². The SMILES string of the molecule is CC(C)Cn1cc(NC2CCCC2)cn1. The van der Waals surface area contributed by atoms with Crippen molar-refractivity contribution < 1.29 is 0 Å². The van der Waals surface area contributed by atoms with Crippen LogP contribution in [0, 0.1) is 5.92 Å². The van der Waals surface area contributed by atoms with Gasteiger partial charge < -0.3 is 5.32 Å². The molecule has 1 fully saturated rings. The molecule has 1 heterocycles. The first-order chi connectivity index (χ1) is 7.24. The van der Waals surface area contributed by atoms with Crippen LogP contribution in [-0.2, 0) is 6.54 Å². The van der Waals surface area contributed by atoms with Crippen LogP contribution in [0.5, 0.6) is 0 Å². The Labute approximate surface area is 91.9 Å². The predicted octanol–water partition coefficient (Wildman–Crippen LogP) is 2.89. The van der Waals surface area contributed by atoms with Crippen LogP contribution in [0.25, 0.3) is 0 Å². The zero-order valence-corrected chi connectivity index (χ0v) is 9.74. The van der Waals surface area contributed by atoms with Crippen LogP contribution in [-0.4, -0.2) is 15.8 Å². The monoisotopic (exact) mass is 207 g/mol. The Balaban J connectivity index is 1.88. The van der Waals surface area contributed by atoms with E-state index in [-0.39, 0.29) is 0 Å². The third kappa shape index (κ3) is 2.98. The quantitative estimate of drug-likeness (QED) is 0.822. The second-order valence-electron chi connectivity index (χ2n) is 4.97. The van der Waals surface area contributed by atoms with Crippen LogP contribution in [0.2, 0.25) is 0 Å². The van der Waals surface area contributed by atoms with Gasteiger partial charge in [-0.25, -0.2) is 0 Å². The largest absolute Gasteiger partial charge is 0.380 e. The Hall–Kier alpha value is -0.990. The number of rotatable bonds is 4. The molecule has 0 unspecified atom stereocenters. The topological polar surface area (TPSA) is 29.9 Å². The van der Waals surface area contributed by atoms with Crippen molar-refractivity contribution in [1.82, 2.24) is 9.78 Å². The normalized spacial score (nSPS) is 17.5. The predicted molar refractivity (Wildman–Crippen MR) is 62.9 cm³/mol. The fourth-order valence-electron chi connectivity index (χ4n) is 2.22. The summed E-state index contributed by atoms with van der Waals surface area (Å²) in [7, 11) is 0. The first kappa shape index (κ1) is 10.5. The molecule has 0 amide bonds. The van der Waals surface area contributed by atoms with E-state index in [1.807, 2.05) is 10.9 Å². The van der Waals surface area contributed by atoms with Gasteiger partial charge in [0.2, 0.25) is 0 Å². The van der Waals surface area contributed by atoms with Crippen molar-refractivity contribution in [3.63, 3.8) is 0 Å². The van der Waals surface area contributed by atoms with Gasteiger partial charge in [0, 0.05) is 18.8 Å². The summed E-state index contributed by atoms with van der Waals surface area (Å²) in [5.41, 5.74) is 1.18. The van der Waals surface area contributed by atoms with E-state index in [0.717, 1.165) is 6.54 Å². The molecular weight excluding hydrogens is 186 g/mol. The lowest BCUT2D eigenvalue weighted by Crippen LogP contribution is -2.13. The van der Waals surface area contributed by atoms with Gasteiger partial charge in [0.1, 0.15) is 0 Å². The lowest BCUT2D eigenvalue weighted by Gasteiger charge is -2.10. The van der Waals surface area contributed by atoms with E-state index in [0.29, 0.717) is 12.0 Å². The van der Waals surface area contributed by atoms with E-state index in [9.17, 15) is 0 Å². The van der Waals surface area contributed by atoms with Gasteiger partial charge in [-0.2, -0.15) is 5.10 Å². The summed E-state index contributed by atoms with van der Waals surface area (Å²) in [5, 5.41) is 7.90. The third-order valence-corrected chi connectivity index (χ3v) is 2.91. The molecule has 0 aliphatic heterocycles. The van der Waals surface area contributed by atoms with Crippen molar-refractivity contribution in [3.05, 3.63) is 12.4 Å². The fourth-order valence-corrected chi connectivity index (χ4v) is 2.22. The van der Waals surface area contributed by atoms with Crippen molar-refractivity contribution >= 4 is 5.69 Å². The number of nitrogens with zero attached hydrogens (tertiary/aromatic N) is 2. The molecule has 1 N–H and O–H groups in total. The Morgan fingerprint density at radius 2 is 2.20 bits per heavy atom. The molecule has 0 aromatic carbocycles. The number of aromatic nitrogens is 2. The molecule has 1 aliphatic carbocycles. The van der Waals surface area contributed by atoms with Crippen LogP contribution in [0.1, 0.15) is 39.5 Å². The van der Waals surface area contributed by atoms with E-state index in [1.54, 1.807) is 0 Å². The molecule has 1 aliphatic rings. The molecule has 3 nitrogen and oxygen atoms in total. The molecule has 3 heteroatoms. The number of nitrogens with one attached hydrogen (secondary N) is 1. The highest BCUT2D eigenvalue weighted by Gasteiger charge is 2.14. The molecule has 0 saturated heterocycles. The zero-order valence-electron chi connectivity index (χ0n) is 9.74. The van der Waals surface area contributed by atoms with Gasteiger partial charge in [0.25, 0.3) is 0 Å². The molecule has 15 heavy (non-hydrogen) atoms. The number of hydrogen-bond acceptors (Lipinski definition) is 2. The molecule has 2 rings (SSSR count). The molecule has 84 valence electrons. The second-order valence-corrected chi connectivity index (χ2v) is 4.97. The standard InChI is InChI=1S/C12H21N3/c1-10(2)8-15-9-12(7-13-15)14-11-5-3-4-6-11/h7,9-11,14H,3-6,8H2,1-2H3. The minimum atomic E-state index is 0.657. The maximum atomic E-state index is 4.35. The van der Waals surface area contributed by atoms with Gasteiger partial charge in [-0.1, -0.05) is 26.7 Å². The molecule has 0 radical (unpaired) electrons. The number of anilines is 1. The van der Waals surface area contributed by atoms with Crippen LogP contribution in [0.15, 0.2) is 12.4 Å². The molecule has 0 bridgehead atoms. The summed E-state index contributed by atoms with van der Waals surface area (Å²) in [5.74, 6) is 0.657. The van der Waals surface area contributed by atoms with Crippen molar-refractivity contribution in [2.45, 2.75) is 52.1 Å². The van der Waals surface area contributed by atoms with E-state index in [1.165, 1.54) is 31.4 Å². The first-order valence-electron chi connectivity index (χ1n) is 6.03. The van der Waals surface area contributed by atoms with Gasteiger partial charge in [-0.15, -0.1) is 0 Å². The Kier molecular flexibility index (Phi) is 3.29. The average molecular weight is 207 g/mol. The van der Waals surface area contributed by atoms with Gasteiger partial charge in [0.05, 0.1) is 11.9 Å². The first-order valence-corrected chi connectivity index (χ1v) is 6.03. The molecular formula is C12H21N3. The summed E-state index contributed by atoms with van der Waals surface area (Å²) in [4.78, 5) is 0. The van der Waals surface area contributed by atoms with E-state index < -0.39 is 0 Å². The van der Waals surface area contributed by atoms with Crippen LogP contribution >= 0.6 is 0 Å². The molecule has 0 atom stereocenters. The molecule has 0 spiro atoms. The van der Waals surface area contributed by atoms with Crippen molar-refractivity contribution in [1.29, 1.82) is 0 Å². The molecule has 1 aromatic heterocycles. The van der Waals surface area contributed by atoms with Gasteiger partial charge in [-0.3, -0.25) is 4.68 Å². The Morgan fingerprint density at radius 1 is 1.47 bits per heavy atom. The lowest BCUT2D eigenvalue weighted by atomic mass is 10.2.